The molecule has 0 bridgehead atoms. The lowest BCUT2D eigenvalue weighted by Crippen LogP contribution is -2.02. The number of halogens is 2. The second-order valence-electron chi connectivity index (χ2n) is 25.3. The summed E-state index contributed by atoms with van der Waals surface area (Å²) in [5.41, 5.74) is 23.7. The SMILES string of the molecule is C/C(=N\N)c1csc(-c2ccc3c(c2)CCCC3)c1O.C/C(=N\N)c1nn(C)c(-c2ccc3c(c2)CCC3)c1O.CC(=O)c1csc(-c2ccc3c(c2)CCC3)c1O.CC(=O)c1csc(-c2ccc3c(c2)CCCC3)c1O.CC(=O)c1nn(C)c(-c2ccc3c(c2)CCC3)c1O.II. The number of benzene rings is 5. The summed E-state index contributed by atoms with van der Waals surface area (Å²) in [4.78, 5) is 36.7. The zero-order valence-corrected chi connectivity index (χ0v) is 63.0. The highest BCUT2D eigenvalue weighted by molar-refractivity contribution is 15.0. The predicted molar refractivity (Wildman–Crippen MR) is 415 cm³/mol. The Bertz CT molecular complexity index is 4690. The molecule has 9 N–H and O–H groups in total. The lowest BCUT2D eigenvalue weighted by atomic mass is 9.90. The van der Waals surface area contributed by atoms with Crippen molar-refractivity contribution < 1.29 is 39.9 Å². The van der Waals surface area contributed by atoms with Crippen LogP contribution in [0.25, 0.3) is 53.8 Å². The molecule has 0 fully saturated rings. The van der Waals surface area contributed by atoms with E-state index in [4.69, 9.17) is 11.7 Å². The third kappa shape index (κ3) is 16.0. The van der Waals surface area contributed by atoms with Gasteiger partial charge in [0, 0.05) is 85.5 Å². The molecular weight excluding hydrogens is 1510 g/mol. The maximum atomic E-state index is 11.4. The van der Waals surface area contributed by atoms with E-state index in [2.05, 4.69) is 130 Å². The van der Waals surface area contributed by atoms with E-state index in [0.29, 0.717) is 39.6 Å². The molecule has 21 heteroatoms. The Morgan fingerprint density at radius 1 is 0.378 bits per heavy atom. The van der Waals surface area contributed by atoms with Crippen LogP contribution in [0.5, 0.6) is 28.7 Å². The van der Waals surface area contributed by atoms with E-state index in [-0.39, 0.29) is 51.8 Å². The van der Waals surface area contributed by atoms with Crippen LogP contribution in [-0.4, -0.2) is 73.9 Å². The van der Waals surface area contributed by atoms with Crippen LogP contribution in [0, 0.1) is 0 Å². The van der Waals surface area contributed by atoms with Crippen LogP contribution in [0.4, 0.5) is 0 Å². The fraction of sp³-hybridized carbons (Fsp3) is 0.312. The molecule has 0 spiro atoms. The van der Waals surface area contributed by atoms with Gasteiger partial charge < -0.3 is 37.2 Å². The largest absolute Gasteiger partial charge is 0.506 e. The second kappa shape index (κ2) is 32.8. The number of thiophene rings is 3. The average Bonchev–Trinajstić information content (AvgIpc) is 1.64. The van der Waals surface area contributed by atoms with E-state index in [9.17, 15) is 39.9 Å². The van der Waals surface area contributed by atoms with Gasteiger partial charge in [-0.3, -0.25) is 23.7 Å². The Hall–Kier alpha value is -7.97. The summed E-state index contributed by atoms with van der Waals surface area (Å²) in [5.74, 6) is 10.8. The molecule has 10 aromatic rings. The molecule has 98 heavy (non-hydrogen) atoms. The van der Waals surface area contributed by atoms with Crippen molar-refractivity contribution in [1.29, 1.82) is 0 Å². The van der Waals surface area contributed by atoms with Crippen LogP contribution in [0.2, 0.25) is 0 Å². The standard InChI is InChI=1S/C16H18N2OS.C16H16O2S.C15H18N4O.C15H16N2O2.C15H14O2S.I2/c1-10(18-17)14-9-20-16(15(14)19)13-7-6-11-4-2-3-5-12(11)8-13;1-10(17)14-9-19-16(15(14)18)13-7-6-11-4-2-3-5-12(11)8-13;1-9(17-16)13-15(20)14(19(2)18-13)12-7-6-10-4-3-5-11(10)8-12;1-9(18)13-15(19)14(17(2)16-13)12-7-6-10-4-3-5-11(10)8-12;1-9(16)13-8-18-15(14(13)17)12-6-5-10-3-2-4-11(10)7-12;1-2/h6-9,19H,2-5,17H2,1H3;6-9,18H,2-5H2,1H3;6-8,20H,3-5,16H2,1-2H3;6-8,19H,3-5H2,1-2H3;5-8,17H,2-4H2,1H3;/b18-10+;;17-9+;;;. The molecule has 0 saturated heterocycles. The van der Waals surface area contributed by atoms with Crippen molar-refractivity contribution >= 4 is 100 Å². The first-order valence-electron chi connectivity index (χ1n) is 32.9. The number of hydrogen-bond donors (Lipinski definition) is 7. The van der Waals surface area contributed by atoms with Crippen molar-refractivity contribution in [2.45, 2.75) is 144 Å². The van der Waals surface area contributed by atoms with Crippen LogP contribution in [0.3, 0.4) is 0 Å². The van der Waals surface area contributed by atoms with Gasteiger partial charge in [-0.15, -0.1) is 34.0 Å². The molecule has 5 aliphatic rings. The predicted octanol–water partition coefficient (Wildman–Crippen LogP) is 17.9. The summed E-state index contributed by atoms with van der Waals surface area (Å²) in [7, 11) is 3.56. The van der Waals surface area contributed by atoms with Gasteiger partial charge in [0.2, 0.25) is 0 Å². The van der Waals surface area contributed by atoms with Gasteiger partial charge >= 0.3 is 0 Å². The molecule has 0 radical (unpaired) electrons. The maximum absolute atomic E-state index is 11.4. The number of aryl methyl sites for hydroxylation is 12. The van der Waals surface area contributed by atoms with Gasteiger partial charge in [0.25, 0.3) is 0 Å². The molecular formula is C77H82I2N8O8S3. The number of hydrazone groups is 2. The summed E-state index contributed by atoms with van der Waals surface area (Å²) in [6.45, 7) is 7.91. The van der Waals surface area contributed by atoms with Crippen molar-refractivity contribution in [3.05, 3.63) is 191 Å². The second-order valence-corrected chi connectivity index (χ2v) is 27.9. The van der Waals surface area contributed by atoms with E-state index < -0.39 is 0 Å². The summed E-state index contributed by atoms with van der Waals surface area (Å²) in [5, 5.41) is 72.2. The zero-order chi connectivity index (χ0) is 70.1. The van der Waals surface area contributed by atoms with E-state index in [1.54, 1.807) is 41.0 Å². The number of Topliss-reactive ketones (excluding diaryl/α,β-unsaturated/α-hetero) is 3. The molecule has 5 aromatic carbocycles. The Kier molecular flexibility index (Phi) is 24.4. The summed E-state index contributed by atoms with van der Waals surface area (Å²) < 4.78 is 3.25. The Morgan fingerprint density at radius 3 is 0.969 bits per heavy atom. The number of nitrogens with two attached hydrogens (primary N) is 2. The lowest BCUT2D eigenvalue weighted by molar-refractivity contribution is 0.0998. The van der Waals surface area contributed by atoms with Gasteiger partial charge in [-0.25, -0.2) is 0 Å². The molecule has 5 aromatic heterocycles. The molecule has 5 aliphatic carbocycles. The van der Waals surface area contributed by atoms with Crippen molar-refractivity contribution in [2.24, 2.45) is 36.0 Å². The van der Waals surface area contributed by atoms with Crippen LogP contribution in [-0.2, 0) is 78.3 Å². The fourth-order valence-electron chi connectivity index (χ4n) is 13.6. The first-order chi connectivity index (χ1) is 47.2. The molecule has 16 nitrogen and oxygen atoms in total. The zero-order valence-electron chi connectivity index (χ0n) is 56.2. The molecule has 5 heterocycles. The van der Waals surface area contributed by atoms with Crippen molar-refractivity contribution in [1.82, 2.24) is 19.6 Å². The minimum atomic E-state index is -0.222. The smallest absolute Gasteiger partial charge is 0.183 e. The minimum absolute atomic E-state index is 0.0204. The molecule has 0 unspecified atom stereocenters. The molecule has 510 valence electrons. The Balaban J connectivity index is 0.000000132. The highest BCUT2D eigenvalue weighted by atomic mass is 128. The van der Waals surface area contributed by atoms with Crippen LogP contribution in [0.15, 0.2) is 117 Å². The van der Waals surface area contributed by atoms with Crippen LogP contribution < -0.4 is 11.7 Å². The number of aromatic hydroxyl groups is 5. The highest BCUT2D eigenvalue weighted by Crippen LogP contribution is 2.44. The lowest BCUT2D eigenvalue weighted by Gasteiger charge is -2.16. The number of rotatable bonds is 10. The van der Waals surface area contributed by atoms with Gasteiger partial charge in [-0.05, 0) is 240 Å². The quantitative estimate of drug-likeness (QED) is 0.0222. The number of carbonyl (C=O) groups excluding carboxylic acids is 3. The number of carbonyl (C=O) groups is 3. The van der Waals surface area contributed by atoms with Crippen molar-refractivity contribution in [3.8, 4) is 82.6 Å². The third-order valence-corrected chi connectivity index (χ3v) is 21.9. The number of hydrogen-bond acceptors (Lipinski definition) is 17. The van der Waals surface area contributed by atoms with E-state index in [1.807, 2.05) is 30.6 Å². The third-order valence-electron chi connectivity index (χ3n) is 18.9. The van der Waals surface area contributed by atoms with E-state index in [1.165, 1.54) is 162 Å². The van der Waals surface area contributed by atoms with Crippen molar-refractivity contribution in [2.75, 3.05) is 0 Å². The fourth-order valence-corrected chi connectivity index (χ4v) is 16.6. The van der Waals surface area contributed by atoms with Crippen molar-refractivity contribution in [3.63, 3.8) is 0 Å². The molecule has 0 amide bonds. The number of aromatic nitrogens is 4. The number of ketones is 3. The minimum Gasteiger partial charge on any atom is -0.506 e. The molecule has 15 rings (SSSR count). The van der Waals surface area contributed by atoms with E-state index in [0.717, 1.165) is 106 Å². The average molecular weight is 1600 g/mol. The van der Waals surface area contributed by atoms with Gasteiger partial charge in [-0.1, -0.05) is 60.7 Å². The summed E-state index contributed by atoms with van der Waals surface area (Å²) in [6, 6.07) is 31.8. The van der Waals surface area contributed by atoms with Crippen LogP contribution >= 0.6 is 71.2 Å². The number of fused-ring (bicyclic) bond motifs is 5. The normalized spacial score (nSPS) is 14.0. The summed E-state index contributed by atoms with van der Waals surface area (Å²) >= 11 is 8.65. The Labute approximate surface area is 607 Å². The first-order valence-corrected chi connectivity index (χ1v) is 41.9. The monoisotopic (exact) mass is 1600 g/mol. The maximum Gasteiger partial charge on any atom is 0.183 e. The van der Waals surface area contributed by atoms with Crippen LogP contribution in [0.1, 0.15) is 178 Å². The first kappa shape index (κ1) is 72.8. The van der Waals surface area contributed by atoms with Gasteiger partial charge in [0.05, 0.1) is 42.7 Å². The molecule has 0 aliphatic heterocycles. The molecule has 0 atom stereocenters. The van der Waals surface area contributed by atoms with Gasteiger partial charge in [0.15, 0.2) is 40.2 Å². The topological polar surface area (TPSA) is 265 Å². The van der Waals surface area contributed by atoms with Gasteiger partial charge in [-0.2, -0.15) is 20.4 Å². The van der Waals surface area contributed by atoms with Gasteiger partial charge in [0.1, 0.15) is 28.6 Å². The number of nitrogens with zero attached hydrogens (tertiary/aromatic N) is 6. The molecule has 0 saturated carbocycles. The Morgan fingerprint density at radius 2 is 0.653 bits per heavy atom. The highest BCUT2D eigenvalue weighted by Gasteiger charge is 2.25. The summed E-state index contributed by atoms with van der Waals surface area (Å²) in [6.07, 6.45) is 20.0. The van der Waals surface area contributed by atoms with E-state index >= 15 is 0 Å².